The minimum Gasteiger partial charge on any atom is -0.349 e. The number of Topliss-reactive ketones (excluding diaryl/α,β-unsaturated/α-hetero) is 1. The Hall–Kier alpha value is -2.66. The largest absolute Gasteiger partial charge is 0.349 e. The van der Waals surface area contributed by atoms with Gasteiger partial charge in [0.25, 0.3) is 17.6 Å². The number of nitrogens with one attached hydrogen (secondary N) is 1. The van der Waals surface area contributed by atoms with E-state index in [2.05, 4.69) is 12.2 Å². The Labute approximate surface area is 180 Å². The molecule has 1 N–H and O–H groups in total. The summed E-state index contributed by atoms with van der Waals surface area (Å²) < 4.78 is 0. The fourth-order valence-corrected chi connectivity index (χ4v) is 5.69. The molecule has 0 radical (unpaired) electrons. The molecule has 1 heterocycles. The van der Waals surface area contributed by atoms with E-state index >= 15 is 0 Å². The van der Waals surface area contributed by atoms with Crippen LogP contribution >= 0.6 is 11.6 Å². The lowest BCUT2D eigenvalue weighted by molar-refractivity contribution is -0.114. The molecule has 2 aliphatic carbocycles. The van der Waals surface area contributed by atoms with Crippen LogP contribution in [-0.2, 0) is 4.79 Å². The van der Waals surface area contributed by atoms with Crippen LogP contribution in [0.15, 0.2) is 48.5 Å². The molecule has 3 aliphatic rings. The van der Waals surface area contributed by atoms with Gasteiger partial charge in [0.05, 0.1) is 11.3 Å². The fourth-order valence-electron chi connectivity index (χ4n) is 5.57. The van der Waals surface area contributed by atoms with Crippen LogP contribution in [0.5, 0.6) is 0 Å². The number of hydrogen-bond donors (Lipinski definition) is 1. The Balaban J connectivity index is 1.25. The number of benzene rings is 2. The Morgan fingerprint density at radius 2 is 1.77 bits per heavy atom. The number of anilines is 1. The first-order valence-electron chi connectivity index (χ1n) is 10.5. The van der Waals surface area contributed by atoms with Gasteiger partial charge in [0, 0.05) is 22.7 Å². The molecule has 30 heavy (non-hydrogen) atoms. The monoisotopic (exact) mass is 422 g/mol. The second-order valence-corrected chi connectivity index (χ2v) is 8.98. The molecule has 0 bridgehead atoms. The van der Waals surface area contributed by atoms with Crippen molar-refractivity contribution in [1.29, 1.82) is 0 Å². The minimum atomic E-state index is -0.401. The highest BCUT2D eigenvalue weighted by molar-refractivity contribution is 6.52. The van der Waals surface area contributed by atoms with Gasteiger partial charge < -0.3 is 10.2 Å². The molecule has 5 atom stereocenters. The van der Waals surface area contributed by atoms with Gasteiger partial charge in [-0.3, -0.25) is 14.4 Å². The van der Waals surface area contributed by atoms with Gasteiger partial charge in [0.2, 0.25) is 0 Å². The summed E-state index contributed by atoms with van der Waals surface area (Å²) in [6.07, 6.45) is 2.64. The van der Waals surface area contributed by atoms with Crippen molar-refractivity contribution in [2.24, 2.45) is 17.8 Å². The van der Waals surface area contributed by atoms with E-state index in [-0.39, 0.29) is 18.0 Å². The third-order valence-electron chi connectivity index (χ3n) is 7.00. The van der Waals surface area contributed by atoms with E-state index in [0.29, 0.717) is 33.9 Å². The molecule has 0 saturated heterocycles. The van der Waals surface area contributed by atoms with Crippen molar-refractivity contribution in [1.82, 2.24) is 5.32 Å². The summed E-state index contributed by atoms with van der Waals surface area (Å²) >= 11 is 5.91. The van der Waals surface area contributed by atoms with Crippen molar-refractivity contribution in [2.45, 2.75) is 38.3 Å². The van der Waals surface area contributed by atoms with Crippen LogP contribution in [0.4, 0.5) is 5.69 Å². The molecule has 6 heteroatoms. The van der Waals surface area contributed by atoms with Crippen LogP contribution in [0.1, 0.15) is 46.9 Å². The standard InChI is InChI=1S/C24H23ClN2O3/c1-2-19(26-23(29)13-7-9-14(25)10-8-13)21-17-11-15(12-18(17)21)27-20-6-4-3-5-16(20)22(28)24(27)30/h3-10,15,17-19,21H,2,11-12H2,1H3,(H,26,29)/t15?,17-,18+,19?,21?. The van der Waals surface area contributed by atoms with Gasteiger partial charge in [-0.25, -0.2) is 0 Å². The zero-order valence-corrected chi connectivity index (χ0v) is 17.4. The summed E-state index contributed by atoms with van der Waals surface area (Å²) in [7, 11) is 0. The average molecular weight is 423 g/mol. The number of halogens is 1. The lowest BCUT2D eigenvalue weighted by Gasteiger charge is -2.28. The molecule has 1 aliphatic heterocycles. The smallest absolute Gasteiger partial charge is 0.299 e. The van der Waals surface area contributed by atoms with Gasteiger partial charge in [0.15, 0.2) is 0 Å². The summed E-state index contributed by atoms with van der Waals surface area (Å²) in [5.41, 5.74) is 1.87. The number of para-hydroxylation sites is 1. The van der Waals surface area contributed by atoms with Gasteiger partial charge in [-0.05, 0) is 73.4 Å². The molecule has 154 valence electrons. The molecule has 5 rings (SSSR count). The minimum absolute atomic E-state index is 0.0702. The first kappa shape index (κ1) is 19.3. The zero-order valence-electron chi connectivity index (χ0n) is 16.7. The highest BCUT2D eigenvalue weighted by atomic mass is 35.5. The van der Waals surface area contributed by atoms with Gasteiger partial charge in [0.1, 0.15) is 0 Å². The van der Waals surface area contributed by atoms with Crippen LogP contribution in [0, 0.1) is 17.8 Å². The van der Waals surface area contributed by atoms with Gasteiger partial charge in [-0.1, -0.05) is 30.7 Å². The SMILES string of the molecule is CCC(NC(=O)c1ccc(Cl)cc1)C1[C@H]2CC(N3C(=O)C(=O)c4ccccc43)C[C@@H]12. The number of amides is 2. The van der Waals surface area contributed by atoms with Crippen LogP contribution in [0.3, 0.4) is 0 Å². The highest BCUT2D eigenvalue weighted by Gasteiger charge is 2.60. The van der Waals surface area contributed by atoms with Gasteiger partial charge in [-0.15, -0.1) is 0 Å². The van der Waals surface area contributed by atoms with Crippen molar-refractivity contribution < 1.29 is 14.4 Å². The normalized spacial score (nSPS) is 27.6. The molecule has 2 aromatic rings. The van der Waals surface area contributed by atoms with E-state index in [1.807, 2.05) is 12.1 Å². The predicted octanol–water partition coefficient (Wildman–Crippen LogP) is 4.10. The average Bonchev–Trinajstić information content (AvgIpc) is 3.11. The van der Waals surface area contributed by atoms with Crippen molar-refractivity contribution >= 4 is 34.9 Å². The zero-order chi connectivity index (χ0) is 21.0. The number of nitrogens with zero attached hydrogens (tertiary/aromatic N) is 1. The fraction of sp³-hybridized carbons (Fsp3) is 0.375. The van der Waals surface area contributed by atoms with Crippen molar-refractivity contribution in [3.8, 4) is 0 Å². The van der Waals surface area contributed by atoms with Crippen LogP contribution in [0.25, 0.3) is 0 Å². The maximum Gasteiger partial charge on any atom is 0.299 e. The Morgan fingerprint density at radius 3 is 2.43 bits per heavy atom. The van der Waals surface area contributed by atoms with Crippen molar-refractivity contribution in [3.05, 3.63) is 64.7 Å². The highest BCUT2D eigenvalue weighted by Crippen LogP contribution is 2.61. The summed E-state index contributed by atoms with van der Waals surface area (Å²) in [5, 5.41) is 3.80. The summed E-state index contributed by atoms with van der Waals surface area (Å²) in [5.74, 6) is 0.536. The van der Waals surface area contributed by atoms with E-state index in [1.165, 1.54) is 0 Å². The molecular weight excluding hydrogens is 400 g/mol. The molecule has 2 saturated carbocycles. The van der Waals surface area contributed by atoms with Crippen molar-refractivity contribution in [2.75, 3.05) is 4.90 Å². The third kappa shape index (κ3) is 3.03. The van der Waals surface area contributed by atoms with Crippen LogP contribution < -0.4 is 10.2 Å². The predicted molar refractivity (Wildman–Crippen MR) is 115 cm³/mol. The van der Waals surface area contributed by atoms with E-state index in [1.54, 1.807) is 41.3 Å². The van der Waals surface area contributed by atoms with Gasteiger partial charge >= 0.3 is 0 Å². The molecular formula is C24H23ClN2O3. The summed E-state index contributed by atoms with van der Waals surface area (Å²) in [6.45, 7) is 2.09. The first-order valence-corrected chi connectivity index (χ1v) is 10.9. The third-order valence-corrected chi connectivity index (χ3v) is 7.25. The maximum absolute atomic E-state index is 12.6. The van der Waals surface area contributed by atoms with E-state index in [4.69, 9.17) is 11.6 Å². The summed E-state index contributed by atoms with van der Waals surface area (Å²) in [6, 6.07) is 14.4. The van der Waals surface area contributed by atoms with Crippen molar-refractivity contribution in [3.63, 3.8) is 0 Å². The Bertz CT molecular complexity index is 1020. The Morgan fingerprint density at radius 1 is 1.10 bits per heavy atom. The number of ketones is 1. The van der Waals surface area contributed by atoms with Crippen LogP contribution in [-0.4, -0.2) is 29.7 Å². The number of carbonyl (C=O) groups is 3. The quantitative estimate of drug-likeness (QED) is 0.737. The molecule has 2 amide bonds. The summed E-state index contributed by atoms with van der Waals surface area (Å²) in [4.78, 5) is 39.2. The van der Waals surface area contributed by atoms with E-state index in [9.17, 15) is 14.4 Å². The maximum atomic E-state index is 12.6. The van der Waals surface area contributed by atoms with Crippen LogP contribution in [0.2, 0.25) is 5.02 Å². The number of rotatable bonds is 5. The second kappa shape index (κ2) is 7.24. The van der Waals surface area contributed by atoms with E-state index < -0.39 is 11.7 Å². The first-order chi connectivity index (χ1) is 14.5. The number of hydrogen-bond acceptors (Lipinski definition) is 3. The molecule has 0 aromatic heterocycles. The van der Waals surface area contributed by atoms with E-state index in [0.717, 1.165) is 24.9 Å². The number of carbonyl (C=O) groups excluding carboxylic acids is 3. The molecule has 5 nitrogen and oxygen atoms in total. The molecule has 2 fully saturated rings. The molecule has 0 spiro atoms. The topological polar surface area (TPSA) is 66.5 Å². The lowest BCUT2D eigenvalue weighted by atomic mass is 9.98. The van der Waals surface area contributed by atoms with Gasteiger partial charge in [-0.2, -0.15) is 0 Å². The molecule has 2 aromatic carbocycles. The lowest BCUT2D eigenvalue weighted by Crippen LogP contribution is -2.41. The molecule has 3 unspecified atom stereocenters. The Kier molecular flexibility index (Phi) is 4.66. The second-order valence-electron chi connectivity index (χ2n) is 8.55. The number of fused-ring (bicyclic) bond motifs is 2.